The van der Waals surface area contributed by atoms with Crippen LogP contribution in [0.25, 0.3) is 21.9 Å². The second-order valence-electron chi connectivity index (χ2n) is 8.19. The topological polar surface area (TPSA) is 85.4 Å². The molecular formula is C26H22ClFN2O4S. The summed E-state index contributed by atoms with van der Waals surface area (Å²) in [6.07, 6.45) is 2.00. The van der Waals surface area contributed by atoms with Gasteiger partial charge in [0.25, 0.3) is 5.91 Å². The molecule has 0 unspecified atom stereocenters. The van der Waals surface area contributed by atoms with E-state index in [2.05, 4.69) is 4.98 Å². The van der Waals surface area contributed by atoms with E-state index in [1.54, 1.807) is 17.7 Å². The van der Waals surface area contributed by atoms with Crippen molar-refractivity contribution in [2.75, 3.05) is 6.26 Å². The quantitative estimate of drug-likeness (QED) is 0.351. The fourth-order valence-electron chi connectivity index (χ4n) is 3.89. The average Bonchev–Trinajstić information content (AvgIpc) is 2.80. The maximum absolute atomic E-state index is 14.7. The Morgan fingerprint density at radius 1 is 1.11 bits per heavy atom. The molecule has 0 fully saturated rings. The first-order valence-electron chi connectivity index (χ1n) is 10.7. The van der Waals surface area contributed by atoms with Crippen LogP contribution in [0.2, 0.25) is 5.02 Å². The van der Waals surface area contributed by atoms with Crippen molar-refractivity contribution in [1.82, 2.24) is 9.71 Å². The molecule has 9 heteroatoms. The minimum absolute atomic E-state index is 0.234. The van der Waals surface area contributed by atoms with Crippen molar-refractivity contribution in [3.63, 3.8) is 0 Å². The number of pyridine rings is 1. The Bertz CT molecular complexity index is 1550. The van der Waals surface area contributed by atoms with Gasteiger partial charge in [0.05, 0.1) is 11.8 Å². The number of fused-ring (bicyclic) bond motifs is 1. The van der Waals surface area contributed by atoms with Gasteiger partial charge in [-0.25, -0.2) is 22.5 Å². The van der Waals surface area contributed by atoms with Crippen molar-refractivity contribution in [2.45, 2.75) is 20.0 Å². The van der Waals surface area contributed by atoms with Gasteiger partial charge in [-0.1, -0.05) is 54.1 Å². The zero-order chi connectivity index (χ0) is 25.3. The summed E-state index contributed by atoms with van der Waals surface area (Å²) in [5, 5.41) is 2.41. The number of amides is 1. The fourth-order valence-corrected chi connectivity index (χ4v) is 4.54. The van der Waals surface area contributed by atoms with E-state index < -0.39 is 21.7 Å². The molecule has 4 aromatic rings. The number of sulfonamides is 1. The van der Waals surface area contributed by atoms with Gasteiger partial charge >= 0.3 is 0 Å². The average molecular weight is 513 g/mol. The van der Waals surface area contributed by atoms with Gasteiger partial charge < -0.3 is 4.74 Å². The number of hydrogen-bond donors (Lipinski definition) is 1. The van der Waals surface area contributed by atoms with E-state index in [0.29, 0.717) is 16.7 Å². The molecule has 180 valence electrons. The highest BCUT2D eigenvalue weighted by Crippen LogP contribution is 2.34. The zero-order valence-electron chi connectivity index (χ0n) is 19.2. The second kappa shape index (κ2) is 9.64. The van der Waals surface area contributed by atoms with Crippen LogP contribution < -0.4 is 9.46 Å². The van der Waals surface area contributed by atoms with E-state index >= 15 is 0 Å². The summed E-state index contributed by atoms with van der Waals surface area (Å²) < 4.78 is 45.1. The molecule has 6 nitrogen and oxygen atoms in total. The highest BCUT2D eigenvalue weighted by atomic mass is 35.5. The van der Waals surface area contributed by atoms with E-state index in [-0.39, 0.29) is 22.6 Å². The number of nitrogens with one attached hydrogen (secondary N) is 1. The van der Waals surface area contributed by atoms with Crippen LogP contribution >= 0.6 is 11.6 Å². The van der Waals surface area contributed by atoms with Crippen molar-refractivity contribution in [3.05, 3.63) is 94.4 Å². The minimum Gasteiger partial charge on any atom is -0.469 e. The fraction of sp³-hybridized carbons (Fsp3) is 0.154. The van der Waals surface area contributed by atoms with Gasteiger partial charge in [0.1, 0.15) is 16.9 Å². The van der Waals surface area contributed by atoms with Crippen LogP contribution in [-0.2, 0) is 10.0 Å². The van der Waals surface area contributed by atoms with Gasteiger partial charge in [0.15, 0.2) is 0 Å². The summed E-state index contributed by atoms with van der Waals surface area (Å²) >= 11 is 6.46. The summed E-state index contributed by atoms with van der Waals surface area (Å²) in [7, 11) is -3.82. The lowest BCUT2D eigenvalue weighted by Gasteiger charge is -2.18. The molecule has 0 aliphatic rings. The SMILES string of the molecule is Cc1cc(C(=O)NS(C)(=O)=O)c(F)cc1-c1cnc(O[C@@H](C)c2cccc3ccccc23)c(Cl)c1. The standard InChI is InChI=1S/C26H22ClFN2O4S/c1-15-11-22(25(31)30-35(3,32)33)24(28)13-21(15)18-12-23(27)26(29-14-18)34-16(2)19-10-6-8-17-7-4-5-9-20(17)19/h4-14,16H,1-3H3,(H,30,31)/t16-/m0/s1. The maximum Gasteiger partial charge on any atom is 0.267 e. The molecule has 0 bridgehead atoms. The van der Waals surface area contributed by atoms with Crippen LogP contribution in [0, 0.1) is 12.7 Å². The molecule has 0 aliphatic heterocycles. The van der Waals surface area contributed by atoms with Crippen LogP contribution in [0.15, 0.2) is 66.9 Å². The zero-order valence-corrected chi connectivity index (χ0v) is 20.7. The Morgan fingerprint density at radius 2 is 1.83 bits per heavy atom. The van der Waals surface area contributed by atoms with E-state index in [1.165, 1.54) is 12.3 Å². The monoisotopic (exact) mass is 512 g/mol. The maximum atomic E-state index is 14.7. The molecule has 1 amide bonds. The van der Waals surface area contributed by atoms with Gasteiger partial charge in [-0.15, -0.1) is 0 Å². The molecule has 0 spiro atoms. The van der Waals surface area contributed by atoms with Gasteiger partial charge in [-0.05, 0) is 59.5 Å². The minimum atomic E-state index is -3.82. The van der Waals surface area contributed by atoms with Crippen LogP contribution in [0.4, 0.5) is 4.39 Å². The van der Waals surface area contributed by atoms with Crippen molar-refractivity contribution >= 4 is 38.3 Å². The Kier molecular flexibility index (Phi) is 6.78. The number of hydrogen-bond acceptors (Lipinski definition) is 5. The van der Waals surface area contributed by atoms with E-state index in [4.69, 9.17) is 16.3 Å². The Balaban J connectivity index is 1.61. The lowest BCUT2D eigenvalue weighted by atomic mass is 9.99. The van der Waals surface area contributed by atoms with Crippen LogP contribution in [-0.4, -0.2) is 25.6 Å². The van der Waals surface area contributed by atoms with Crippen molar-refractivity contribution in [1.29, 1.82) is 0 Å². The largest absolute Gasteiger partial charge is 0.469 e. The molecule has 0 radical (unpaired) electrons. The summed E-state index contributed by atoms with van der Waals surface area (Å²) in [5.41, 5.74) is 2.14. The number of aryl methyl sites for hydroxylation is 1. The molecule has 1 atom stereocenters. The summed E-state index contributed by atoms with van der Waals surface area (Å²) in [5.74, 6) is -1.67. The van der Waals surface area contributed by atoms with E-state index in [0.717, 1.165) is 28.7 Å². The first-order chi connectivity index (χ1) is 16.5. The molecule has 0 saturated heterocycles. The first kappa shape index (κ1) is 24.6. The van der Waals surface area contributed by atoms with E-state index in [1.807, 2.05) is 49.4 Å². The number of halogens is 2. The molecule has 1 N–H and O–H groups in total. The van der Waals surface area contributed by atoms with Gasteiger partial charge in [-0.2, -0.15) is 0 Å². The second-order valence-corrected chi connectivity index (χ2v) is 10.3. The molecule has 0 aliphatic carbocycles. The van der Waals surface area contributed by atoms with Crippen LogP contribution in [0.1, 0.15) is 34.5 Å². The number of carbonyl (C=O) groups is 1. The van der Waals surface area contributed by atoms with E-state index in [9.17, 15) is 17.6 Å². The van der Waals surface area contributed by atoms with Crippen molar-refractivity contribution in [3.8, 4) is 17.0 Å². The predicted octanol–water partition coefficient (Wildman–Crippen LogP) is 5.83. The van der Waals surface area contributed by atoms with Crippen LogP contribution in [0.3, 0.4) is 0 Å². The number of rotatable bonds is 6. The first-order valence-corrected chi connectivity index (χ1v) is 12.9. The number of benzene rings is 3. The lowest BCUT2D eigenvalue weighted by molar-refractivity contribution is 0.0977. The summed E-state index contributed by atoms with van der Waals surface area (Å²) in [4.78, 5) is 16.4. The molecular weight excluding hydrogens is 491 g/mol. The lowest BCUT2D eigenvalue weighted by Crippen LogP contribution is -2.30. The Labute approximate surface area is 207 Å². The third kappa shape index (κ3) is 5.44. The van der Waals surface area contributed by atoms with Crippen LogP contribution in [0.5, 0.6) is 5.88 Å². The van der Waals surface area contributed by atoms with Gasteiger partial charge in [-0.3, -0.25) is 4.79 Å². The molecule has 3 aromatic carbocycles. The number of ether oxygens (including phenoxy) is 1. The molecule has 1 heterocycles. The predicted molar refractivity (Wildman–Crippen MR) is 135 cm³/mol. The van der Waals surface area contributed by atoms with Gasteiger partial charge in [0.2, 0.25) is 15.9 Å². The molecule has 35 heavy (non-hydrogen) atoms. The highest BCUT2D eigenvalue weighted by molar-refractivity contribution is 7.89. The smallest absolute Gasteiger partial charge is 0.267 e. The van der Waals surface area contributed by atoms with Crippen molar-refractivity contribution in [2.24, 2.45) is 0 Å². The Morgan fingerprint density at radius 3 is 2.54 bits per heavy atom. The Hall–Kier alpha value is -3.49. The molecule has 4 rings (SSSR count). The third-order valence-electron chi connectivity index (χ3n) is 5.50. The van der Waals surface area contributed by atoms with Gasteiger partial charge in [0, 0.05) is 11.8 Å². The molecule has 0 saturated carbocycles. The normalized spacial score (nSPS) is 12.4. The highest BCUT2D eigenvalue weighted by Gasteiger charge is 2.19. The number of carbonyl (C=O) groups excluding carboxylic acids is 1. The van der Waals surface area contributed by atoms with Crippen molar-refractivity contribution < 1.29 is 22.3 Å². The summed E-state index contributed by atoms with van der Waals surface area (Å²) in [6.45, 7) is 3.58. The third-order valence-corrected chi connectivity index (χ3v) is 6.33. The summed E-state index contributed by atoms with van der Waals surface area (Å²) in [6, 6.07) is 18.0. The number of nitrogens with zero attached hydrogens (tertiary/aromatic N) is 1. The number of aromatic nitrogens is 1. The molecule has 1 aromatic heterocycles.